The minimum atomic E-state index is -1.48. The van der Waals surface area contributed by atoms with Gasteiger partial charge in [0.2, 0.25) is 6.55 Å². The van der Waals surface area contributed by atoms with E-state index in [-0.39, 0.29) is 0 Å². The lowest BCUT2D eigenvalue weighted by molar-refractivity contribution is 1.29. The molecule has 2 nitrogen and oxygen atoms in total. The van der Waals surface area contributed by atoms with Gasteiger partial charge in [-0.05, 0) is 94.3 Å². The summed E-state index contributed by atoms with van der Waals surface area (Å²) in [6, 6.07) is 59.1. The topological polar surface area (TPSA) is 6.48 Å². The molecule has 0 atom stereocenters. The van der Waals surface area contributed by atoms with Crippen molar-refractivity contribution in [3.05, 3.63) is 158 Å². The van der Waals surface area contributed by atoms with E-state index >= 15 is 0 Å². The number of benzene rings is 8. The number of thiol groups is 1. The van der Waals surface area contributed by atoms with E-state index in [1.165, 1.54) is 59.3 Å². The first-order chi connectivity index (χ1) is 26.4. The van der Waals surface area contributed by atoms with Crippen LogP contribution in [0.3, 0.4) is 0 Å². The third-order valence-electron chi connectivity index (χ3n) is 10.8. The van der Waals surface area contributed by atoms with E-state index in [0.717, 1.165) is 37.2 Å². The zero-order valence-electron chi connectivity index (χ0n) is 32.9. The molecule has 8 aromatic rings. The van der Waals surface area contributed by atoms with Crippen molar-refractivity contribution in [2.75, 3.05) is 9.80 Å². The van der Waals surface area contributed by atoms with Crippen molar-refractivity contribution >= 4 is 120 Å². The third kappa shape index (κ3) is 7.20. The van der Waals surface area contributed by atoms with Gasteiger partial charge in [-0.3, -0.25) is 0 Å². The number of anilines is 6. The van der Waals surface area contributed by atoms with Crippen LogP contribution >= 0.6 is 12.6 Å². The fourth-order valence-corrected chi connectivity index (χ4v) is 10.7. The number of fused-ring (bicyclic) bond motifs is 5. The molecule has 0 fully saturated rings. The van der Waals surface area contributed by atoms with Gasteiger partial charge < -0.3 is 9.80 Å². The Labute approximate surface area is 336 Å². The highest BCUT2D eigenvalue weighted by molar-refractivity contribution is 7.80. The summed E-state index contributed by atoms with van der Waals surface area (Å²) >= 11 is 4.66. The van der Waals surface area contributed by atoms with E-state index in [2.05, 4.69) is 226 Å². The quantitative estimate of drug-likeness (QED) is 0.0885. The van der Waals surface area contributed by atoms with Crippen LogP contribution in [0.1, 0.15) is 0 Å². The van der Waals surface area contributed by atoms with Gasteiger partial charge in [-0.15, -0.1) is 12.6 Å². The standard InChI is InChI=1S/C49H48N2SSi3/c1-53-39-26-18-35(19-27-39)51(37-22-30-41(31-23-37)55(5,6)7)49-33-47-42-12-8-10-14-44(42)48(32-46(47)43-13-9-11-15-45(43)49)50(34-16-24-38(52)25-17-34)36-20-28-40(29-21-36)54(2,3)4/h8-33,52H,1-7H3/q+2. The van der Waals surface area contributed by atoms with Crippen molar-refractivity contribution in [2.45, 2.75) is 50.7 Å². The Morgan fingerprint density at radius 3 is 1.07 bits per heavy atom. The molecule has 0 N–H and O–H groups in total. The van der Waals surface area contributed by atoms with E-state index < -0.39 is 16.1 Å². The minimum absolute atomic E-state index is 0.756. The second-order valence-electron chi connectivity index (χ2n) is 16.6. The number of hydrogen-bond donors (Lipinski definition) is 1. The van der Waals surface area contributed by atoms with Gasteiger partial charge in [0.15, 0.2) is 0 Å². The maximum Gasteiger partial charge on any atom is 0.952 e. The maximum absolute atomic E-state index is 4.66. The van der Waals surface area contributed by atoms with E-state index in [0.29, 0.717) is 0 Å². The largest absolute Gasteiger partial charge is 0.952 e. The molecule has 6 heteroatoms. The van der Waals surface area contributed by atoms with Gasteiger partial charge >= 0.3 is 14.7 Å². The smallest absolute Gasteiger partial charge is 0.310 e. The fraction of sp³-hybridized carbons (Fsp3) is 0.143. The number of nitrogens with zero attached hydrogens (tertiary/aromatic N) is 2. The molecule has 0 bridgehead atoms. The van der Waals surface area contributed by atoms with E-state index in [9.17, 15) is 0 Å². The van der Waals surface area contributed by atoms with Crippen LogP contribution in [0.25, 0.3) is 32.3 Å². The molecule has 0 aliphatic carbocycles. The SMILES string of the molecule is C[Si+2]c1ccc(N(c2ccc([Si](C)(C)C)cc2)c2cc3c4ccccc4c(N(c4ccc(S)cc4)c4ccc([Si](C)(C)C)cc4)cc3c3ccccc23)cc1. The lowest BCUT2D eigenvalue weighted by Gasteiger charge is -2.30. The molecule has 0 aromatic heterocycles. The molecule has 55 heavy (non-hydrogen) atoms. The summed E-state index contributed by atoms with van der Waals surface area (Å²) < 4.78 is 0. The molecule has 8 rings (SSSR count). The highest BCUT2D eigenvalue weighted by Gasteiger charge is 2.29. The monoisotopic (exact) mass is 780 g/mol. The van der Waals surface area contributed by atoms with Crippen molar-refractivity contribution in [3.8, 4) is 0 Å². The molecule has 0 spiro atoms. The average Bonchev–Trinajstić information content (AvgIpc) is 3.19. The van der Waals surface area contributed by atoms with Crippen LogP contribution in [0.5, 0.6) is 0 Å². The molecule has 8 aromatic carbocycles. The van der Waals surface area contributed by atoms with Gasteiger partial charge in [0.25, 0.3) is 0 Å². The summed E-state index contributed by atoms with van der Waals surface area (Å²) in [5.74, 6) is 0. The molecule has 0 aliphatic heterocycles. The van der Waals surface area contributed by atoms with Crippen molar-refractivity contribution in [1.82, 2.24) is 0 Å². The Hall–Kier alpha value is -4.86. The molecular weight excluding hydrogens is 733 g/mol. The first-order valence-electron chi connectivity index (χ1n) is 19.2. The van der Waals surface area contributed by atoms with Gasteiger partial charge in [-0.1, -0.05) is 122 Å². The Morgan fingerprint density at radius 2 is 0.727 bits per heavy atom. The van der Waals surface area contributed by atoms with Crippen molar-refractivity contribution in [1.29, 1.82) is 0 Å². The van der Waals surface area contributed by atoms with Crippen LogP contribution in [0, 0.1) is 0 Å². The van der Waals surface area contributed by atoms with E-state index in [4.69, 9.17) is 0 Å². The predicted molar refractivity (Wildman–Crippen MR) is 253 cm³/mol. The first-order valence-corrected chi connectivity index (χ1v) is 28.1. The van der Waals surface area contributed by atoms with Crippen LogP contribution < -0.4 is 25.4 Å². The van der Waals surface area contributed by atoms with Crippen molar-refractivity contribution in [3.63, 3.8) is 0 Å². The molecule has 0 unspecified atom stereocenters. The fourth-order valence-electron chi connectivity index (χ4n) is 7.74. The molecular formula is C49H48N2SSi3+2. The second kappa shape index (κ2) is 14.7. The Bertz CT molecular complexity index is 2640. The summed E-state index contributed by atoms with van der Waals surface area (Å²) in [6.07, 6.45) is 0. The number of hydrogen-bond acceptors (Lipinski definition) is 3. The summed E-state index contributed by atoms with van der Waals surface area (Å²) in [5, 5.41) is 11.6. The second-order valence-corrected chi connectivity index (χ2v) is 28.3. The molecule has 0 amide bonds. The lowest BCUT2D eigenvalue weighted by atomic mass is 9.93. The van der Waals surface area contributed by atoms with E-state index in [1.54, 1.807) is 0 Å². The van der Waals surface area contributed by atoms with Crippen LogP contribution in [0.4, 0.5) is 34.1 Å². The van der Waals surface area contributed by atoms with Gasteiger partial charge in [0.1, 0.15) is 0 Å². The third-order valence-corrected chi connectivity index (χ3v) is 16.2. The molecule has 0 heterocycles. The molecule has 0 aliphatic rings. The van der Waals surface area contributed by atoms with Gasteiger partial charge in [0.05, 0.1) is 27.5 Å². The van der Waals surface area contributed by atoms with Gasteiger partial charge in [-0.25, -0.2) is 0 Å². The Kier molecular flexibility index (Phi) is 9.88. The van der Waals surface area contributed by atoms with Crippen molar-refractivity contribution in [2.24, 2.45) is 0 Å². The van der Waals surface area contributed by atoms with Crippen LogP contribution in [-0.2, 0) is 0 Å². The summed E-state index contributed by atoms with van der Waals surface area (Å²) in [5.41, 5.74) is 6.91. The van der Waals surface area contributed by atoms with Gasteiger partial charge in [-0.2, -0.15) is 0 Å². The summed E-state index contributed by atoms with van der Waals surface area (Å²) in [4.78, 5) is 5.84. The maximum atomic E-state index is 4.66. The first kappa shape index (κ1) is 37.1. The zero-order chi connectivity index (χ0) is 38.5. The van der Waals surface area contributed by atoms with Gasteiger partial charge in [0, 0.05) is 50.6 Å². The lowest BCUT2D eigenvalue weighted by Crippen LogP contribution is -2.37. The normalized spacial score (nSPS) is 11.9. The van der Waals surface area contributed by atoms with Crippen LogP contribution in [0.15, 0.2) is 163 Å². The Morgan fingerprint density at radius 1 is 0.400 bits per heavy atom. The zero-order valence-corrected chi connectivity index (χ0v) is 36.7. The number of rotatable bonds is 9. The minimum Gasteiger partial charge on any atom is -0.310 e. The predicted octanol–water partition coefficient (Wildman–Crippen LogP) is 12.8. The summed E-state index contributed by atoms with van der Waals surface area (Å²) in [6.45, 7) is 16.7. The van der Waals surface area contributed by atoms with Crippen LogP contribution in [-0.4, -0.2) is 25.7 Å². The molecule has 0 saturated carbocycles. The van der Waals surface area contributed by atoms with Crippen molar-refractivity contribution < 1.29 is 0 Å². The molecule has 0 saturated heterocycles. The summed E-state index contributed by atoms with van der Waals surface area (Å²) in [7, 11) is -2.20. The highest BCUT2D eigenvalue weighted by Crippen LogP contribution is 2.47. The molecule has 0 radical (unpaired) electrons. The van der Waals surface area contributed by atoms with Crippen LogP contribution in [0.2, 0.25) is 45.8 Å². The van der Waals surface area contributed by atoms with E-state index in [1.807, 2.05) is 0 Å². The highest BCUT2D eigenvalue weighted by atomic mass is 32.1. The molecule has 270 valence electrons. The Balaban J connectivity index is 1.41. The average molecular weight is 781 g/mol.